The van der Waals surface area contributed by atoms with Gasteiger partial charge in [-0.1, -0.05) is 24.3 Å². The highest BCUT2D eigenvalue weighted by molar-refractivity contribution is 5.90. The van der Waals surface area contributed by atoms with Crippen LogP contribution in [0.2, 0.25) is 0 Å². The number of carbonyl (C=O) groups is 2. The minimum Gasteiger partial charge on any atom is -0.390 e. The molecule has 27 heavy (non-hydrogen) atoms. The van der Waals surface area contributed by atoms with E-state index >= 15 is 0 Å². The molecule has 4 saturated carbocycles. The summed E-state index contributed by atoms with van der Waals surface area (Å²) in [4.78, 5) is 24.0. The lowest BCUT2D eigenvalue weighted by molar-refractivity contribution is -0.178. The molecule has 0 radical (unpaired) electrons. The van der Waals surface area contributed by atoms with Crippen LogP contribution in [-0.4, -0.2) is 27.7 Å². The zero-order valence-corrected chi connectivity index (χ0v) is 15.3. The van der Waals surface area contributed by atoms with Crippen LogP contribution in [0.25, 0.3) is 6.08 Å². The molecule has 4 N–H and O–H groups in total. The molecule has 2 amide bonds. The second-order valence-corrected chi connectivity index (χ2v) is 8.70. The Balaban J connectivity index is 1.37. The summed E-state index contributed by atoms with van der Waals surface area (Å²) >= 11 is 0. The van der Waals surface area contributed by atoms with E-state index in [0.717, 1.165) is 36.8 Å². The Morgan fingerprint density at radius 3 is 2.37 bits per heavy atom. The first-order valence-electron chi connectivity index (χ1n) is 9.62. The average molecular weight is 370 g/mol. The third-order valence-corrected chi connectivity index (χ3v) is 6.48. The Bertz CT molecular complexity index is 757. The molecule has 2 unspecified atom stereocenters. The van der Waals surface area contributed by atoms with Crippen LogP contribution < -0.4 is 10.8 Å². The maximum atomic E-state index is 13.0. The molecule has 6 heteroatoms. The van der Waals surface area contributed by atoms with Crippen molar-refractivity contribution in [1.82, 2.24) is 10.8 Å². The van der Waals surface area contributed by atoms with E-state index in [9.17, 15) is 14.7 Å². The third kappa shape index (κ3) is 3.64. The van der Waals surface area contributed by atoms with E-state index in [-0.39, 0.29) is 11.3 Å². The van der Waals surface area contributed by atoms with Crippen molar-refractivity contribution in [2.45, 2.75) is 50.7 Å². The van der Waals surface area contributed by atoms with E-state index in [1.54, 1.807) is 11.6 Å². The predicted molar refractivity (Wildman–Crippen MR) is 99.3 cm³/mol. The van der Waals surface area contributed by atoms with Gasteiger partial charge in [0, 0.05) is 12.6 Å². The number of nitrogens with one attached hydrogen (secondary N) is 2. The van der Waals surface area contributed by atoms with Crippen molar-refractivity contribution in [3.63, 3.8) is 0 Å². The highest BCUT2D eigenvalue weighted by atomic mass is 16.5. The van der Waals surface area contributed by atoms with Gasteiger partial charge in [0.05, 0.1) is 11.0 Å². The van der Waals surface area contributed by atoms with Crippen LogP contribution in [-0.2, 0) is 16.1 Å². The summed E-state index contributed by atoms with van der Waals surface area (Å²) in [5.74, 6) is 0.482. The topological polar surface area (TPSA) is 98.7 Å². The van der Waals surface area contributed by atoms with Crippen LogP contribution in [0.15, 0.2) is 30.3 Å². The molecule has 0 aliphatic heterocycles. The Hall–Kier alpha value is -2.18. The third-order valence-electron chi connectivity index (χ3n) is 6.48. The van der Waals surface area contributed by atoms with Gasteiger partial charge in [0.25, 0.3) is 5.91 Å². The molecule has 0 saturated heterocycles. The zero-order chi connectivity index (χ0) is 19.1. The maximum Gasteiger partial charge on any atom is 0.267 e. The second-order valence-electron chi connectivity index (χ2n) is 8.70. The first kappa shape index (κ1) is 18.2. The van der Waals surface area contributed by atoms with Gasteiger partial charge >= 0.3 is 0 Å². The van der Waals surface area contributed by atoms with Crippen molar-refractivity contribution in [2.75, 3.05) is 0 Å². The molecule has 4 fully saturated rings. The molecule has 144 valence electrons. The van der Waals surface area contributed by atoms with Gasteiger partial charge in [-0.25, -0.2) is 5.48 Å². The van der Waals surface area contributed by atoms with Crippen LogP contribution in [0.3, 0.4) is 0 Å². The average Bonchev–Trinajstić information content (AvgIpc) is 2.63. The number of hydrogen-bond acceptors (Lipinski definition) is 4. The zero-order valence-electron chi connectivity index (χ0n) is 15.3. The molecular weight excluding hydrogens is 344 g/mol. The molecule has 2 atom stereocenters. The van der Waals surface area contributed by atoms with Crippen LogP contribution in [0.1, 0.15) is 49.7 Å². The van der Waals surface area contributed by atoms with Gasteiger partial charge in [0.15, 0.2) is 0 Å². The van der Waals surface area contributed by atoms with Gasteiger partial charge in [0.2, 0.25) is 5.91 Å². The van der Waals surface area contributed by atoms with Crippen molar-refractivity contribution in [3.05, 3.63) is 41.5 Å². The fraction of sp³-hybridized carbons (Fsp3) is 0.524. The molecule has 5 rings (SSSR count). The van der Waals surface area contributed by atoms with E-state index in [1.807, 2.05) is 24.3 Å². The molecule has 4 bridgehead atoms. The normalized spacial score (nSPS) is 34.0. The lowest BCUT2D eigenvalue weighted by Crippen LogP contribution is -2.60. The summed E-state index contributed by atoms with van der Waals surface area (Å²) in [7, 11) is 0. The highest BCUT2D eigenvalue weighted by Crippen LogP contribution is 2.61. The Labute approximate surface area is 158 Å². The number of carbonyl (C=O) groups excluding carboxylic acids is 2. The first-order valence-corrected chi connectivity index (χ1v) is 9.62. The van der Waals surface area contributed by atoms with Gasteiger partial charge in [-0.15, -0.1) is 0 Å². The fourth-order valence-electron chi connectivity index (χ4n) is 5.81. The standard InChI is InChI=1S/C21H26N2O4/c24-18(23-27)6-5-14-1-3-15(4-2-14)12-22-19(25)20-8-16-7-17(9-20)11-21(26,10-16)13-20/h1-6,16-17,26-27H,7-13H2,(H,22,25)(H,23,24)/b6-5+. The minimum absolute atomic E-state index is 0.0821. The number of rotatable bonds is 5. The van der Waals surface area contributed by atoms with E-state index in [4.69, 9.17) is 5.21 Å². The summed E-state index contributed by atoms with van der Waals surface area (Å²) in [6.45, 7) is 0.454. The van der Waals surface area contributed by atoms with E-state index in [0.29, 0.717) is 24.8 Å². The number of hydrogen-bond donors (Lipinski definition) is 4. The van der Waals surface area contributed by atoms with Crippen molar-refractivity contribution in [2.24, 2.45) is 17.3 Å². The first-order chi connectivity index (χ1) is 12.9. The number of hydroxylamine groups is 1. The van der Waals surface area contributed by atoms with Gasteiger partial charge in [-0.3, -0.25) is 14.8 Å². The lowest BCUT2D eigenvalue weighted by Gasteiger charge is -2.59. The van der Waals surface area contributed by atoms with Crippen LogP contribution in [0.5, 0.6) is 0 Å². The smallest absolute Gasteiger partial charge is 0.267 e. The quantitative estimate of drug-likeness (QED) is 0.363. The molecule has 0 heterocycles. The molecule has 0 aromatic heterocycles. The summed E-state index contributed by atoms with van der Waals surface area (Å²) < 4.78 is 0. The van der Waals surface area contributed by atoms with Crippen LogP contribution in [0.4, 0.5) is 0 Å². The van der Waals surface area contributed by atoms with E-state index < -0.39 is 11.5 Å². The molecule has 4 aliphatic rings. The largest absolute Gasteiger partial charge is 0.390 e. The van der Waals surface area contributed by atoms with Gasteiger partial charge < -0.3 is 10.4 Å². The maximum absolute atomic E-state index is 13.0. The molecule has 0 spiro atoms. The van der Waals surface area contributed by atoms with Crippen LogP contribution in [0, 0.1) is 17.3 Å². The number of aliphatic hydroxyl groups is 1. The molecule has 1 aromatic rings. The summed E-state index contributed by atoms with van der Waals surface area (Å²) in [5.41, 5.74) is 2.34. The molecule has 1 aromatic carbocycles. The fourth-order valence-corrected chi connectivity index (χ4v) is 5.81. The highest BCUT2D eigenvalue weighted by Gasteiger charge is 2.60. The Morgan fingerprint density at radius 2 is 1.78 bits per heavy atom. The number of amides is 2. The van der Waals surface area contributed by atoms with Gasteiger partial charge in [-0.2, -0.15) is 0 Å². The summed E-state index contributed by atoms with van der Waals surface area (Å²) in [6, 6.07) is 7.53. The van der Waals surface area contributed by atoms with Crippen molar-refractivity contribution in [3.8, 4) is 0 Å². The van der Waals surface area contributed by atoms with Crippen molar-refractivity contribution >= 4 is 17.9 Å². The summed E-state index contributed by atoms with van der Waals surface area (Å²) in [6.07, 6.45) is 8.17. The van der Waals surface area contributed by atoms with Crippen LogP contribution >= 0.6 is 0 Å². The Morgan fingerprint density at radius 1 is 1.11 bits per heavy atom. The van der Waals surface area contributed by atoms with Crippen molar-refractivity contribution in [1.29, 1.82) is 0 Å². The van der Waals surface area contributed by atoms with E-state index in [1.165, 1.54) is 12.5 Å². The predicted octanol–water partition coefficient (Wildman–Crippen LogP) is 2.15. The Kier molecular flexibility index (Phi) is 4.56. The SMILES string of the molecule is O=C(/C=C/c1ccc(CNC(=O)C23CC4CC(CC(O)(C4)C2)C3)cc1)NO. The summed E-state index contributed by atoms with van der Waals surface area (Å²) in [5, 5.41) is 22.4. The molecular formula is C21H26N2O4. The second kappa shape index (κ2) is 6.77. The van der Waals surface area contributed by atoms with Gasteiger partial charge in [0.1, 0.15) is 0 Å². The van der Waals surface area contributed by atoms with E-state index in [2.05, 4.69) is 5.32 Å². The minimum atomic E-state index is -0.629. The van der Waals surface area contributed by atoms with Crippen molar-refractivity contribution < 1.29 is 19.9 Å². The molecule has 4 aliphatic carbocycles. The molecule has 6 nitrogen and oxygen atoms in total. The monoisotopic (exact) mass is 370 g/mol. The lowest BCUT2D eigenvalue weighted by atomic mass is 9.47. The number of benzene rings is 1. The van der Waals surface area contributed by atoms with Gasteiger partial charge in [-0.05, 0) is 67.6 Å².